The average molecular weight is 589 g/mol. The van der Waals surface area contributed by atoms with Crippen molar-refractivity contribution in [3.63, 3.8) is 0 Å². The van der Waals surface area contributed by atoms with Crippen molar-refractivity contribution in [3.05, 3.63) is 58.7 Å². The van der Waals surface area contributed by atoms with Gasteiger partial charge < -0.3 is 29.7 Å². The molecule has 0 aliphatic rings. The molecule has 2 unspecified atom stereocenters. The van der Waals surface area contributed by atoms with Gasteiger partial charge in [-0.25, -0.2) is 0 Å². The monoisotopic (exact) mass is 588 g/mol. The summed E-state index contributed by atoms with van der Waals surface area (Å²) in [7, 11) is -2.30. The van der Waals surface area contributed by atoms with Gasteiger partial charge >= 0.3 is 0 Å². The highest BCUT2D eigenvalue weighted by molar-refractivity contribution is 6.74. The van der Waals surface area contributed by atoms with E-state index in [4.69, 9.17) is 8.85 Å². The van der Waals surface area contributed by atoms with Crippen molar-refractivity contribution in [1.82, 2.24) is 10.6 Å². The molecular formula is C32H56N2O4Si2. The van der Waals surface area contributed by atoms with Crippen LogP contribution in [0.15, 0.2) is 36.4 Å². The Labute approximate surface area is 247 Å². The molecule has 0 heterocycles. The molecule has 2 atom stereocenters. The van der Waals surface area contributed by atoms with Crippen LogP contribution in [0.25, 0.3) is 0 Å². The zero-order valence-corrected chi connectivity index (χ0v) is 29.2. The molecule has 0 saturated heterocycles. The number of aromatic hydroxyl groups is 2. The second kappa shape index (κ2) is 15.0. The minimum absolute atomic E-state index is 0.169. The van der Waals surface area contributed by atoms with Crippen LogP contribution < -0.4 is 10.6 Å². The number of hydrogen-bond donors (Lipinski definition) is 4. The maximum absolute atomic E-state index is 10.6. The van der Waals surface area contributed by atoms with E-state index in [0.717, 1.165) is 35.1 Å². The summed E-state index contributed by atoms with van der Waals surface area (Å²) in [5, 5.41) is 28.7. The Kier molecular flexibility index (Phi) is 12.9. The third-order valence-electron chi connectivity index (χ3n) is 8.01. The first-order valence-electron chi connectivity index (χ1n) is 14.8. The van der Waals surface area contributed by atoms with Crippen molar-refractivity contribution >= 4 is 18.1 Å². The normalized spacial score (nSPS) is 14.7. The molecule has 0 aliphatic carbocycles. The van der Waals surface area contributed by atoms with E-state index in [1.165, 1.54) is 0 Å². The summed E-state index contributed by atoms with van der Waals surface area (Å²) in [5.74, 6) is 0.645. The van der Waals surface area contributed by atoms with E-state index in [1.807, 2.05) is 24.3 Å². The number of phenols is 2. The average Bonchev–Trinajstić information content (AvgIpc) is 2.84. The zero-order valence-electron chi connectivity index (χ0n) is 26.8. The van der Waals surface area contributed by atoms with Crippen molar-refractivity contribution in [2.45, 2.75) is 117 Å². The van der Waals surface area contributed by atoms with Gasteiger partial charge in [0.15, 0.2) is 18.1 Å². The number of rotatable bonds is 15. The molecule has 2 rings (SSSR count). The lowest BCUT2D eigenvalue weighted by atomic mass is 10.1. The topological polar surface area (TPSA) is 83.0 Å². The predicted molar refractivity (Wildman–Crippen MR) is 174 cm³/mol. The number of hydrogen-bond acceptors (Lipinski definition) is 6. The Morgan fingerprint density at radius 2 is 1.23 bits per heavy atom. The van der Waals surface area contributed by atoms with Crippen LogP contribution in [0.5, 0.6) is 11.5 Å². The van der Waals surface area contributed by atoms with Gasteiger partial charge in [-0.1, -0.05) is 65.8 Å². The van der Waals surface area contributed by atoms with Gasteiger partial charge in [0.1, 0.15) is 11.5 Å². The van der Waals surface area contributed by atoms with Crippen molar-refractivity contribution in [3.8, 4) is 11.5 Å². The van der Waals surface area contributed by atoms with Crippen LogP contribution >= 0.6 is 0 Å². The van der Waals surface area contributed by atoms with Gasteiger partial charge in [-0.2, -0.15) is 0 Å². The first-order valence-corrected chi connectivity index (χ1v) is 19.0. The van der Waals surface area contributed by atoms with Crippen LogP contribution in [0.1, 0.15) is 77.6 Å². The molecule has 6 nitrogen and oxygen atoms in total. The molecule has 0 fully saturated rings. The molecule has 4 N–H and O–H groups in total. The second-order valence-electron chi connectivity index (χ2n) is 14.0. The lowest BCUT2D eigenvalue weighted by Gasteiger charge is -2.36. The molecule has 2 aromatic carbocycles. The fourth-order valence-corrected chi connectivity index (χ4v) is 5.88. The lowest BCUT2D eigenvalue weighted by molar-refractivity contribution is 0.292. The van der Waals surface area contributed by atoms with Crippen LogP contribution in [0.4, 0.5) is 0 Å². The number of benzene rings is 2. The molecule has 40 heavy (non-hydrogen) atoms. The molecule has 0 radical (unpaired) electrons. The Hall–Kier alpha value is -1.69. The van der Waals surface area contributed by atoms with Gasteiger partial charge in [0.2, 0.25) is 0 Å². The van der Waals surface area contributed by atoms with E-state index < -0.39 is 18.1 Å². The quantitative estimate of drug-likeness (QED) is 0.147. The highest BCUT2D eigenvalue weighted by Gasteiger charge is 2.36. The summed E-state index contributed by atoms with van der Waals surface area (Å²) in [6.45, 7) is 24.8. The van der Waals surface area contributed by atoms with Crippen LogP contribution in [0.2, 0.25) is 23.2 Å². The first-order chi connectivity index (χ1) is 18.5. The summed E-state index contributed by atoms with van der Waals surface area (Å²) in [4.78, 5) is 0. The van der Waals surface area contributed by atoms with Gasteiger partial charge in [0.05, 0.1) is 0 Å². The molecule has 0 saturated carbocycles. The summed E-state index contributed by atoms with van der Waals surface area (Å²) in [5.41, 5.74) is 3.96. The van der Waals surface area contributed by atoms with Gasteiger partial charge in [0, 0.05) is 49.5 Å². The second-order valence-corrected chi connectivity index (χ2v) is 21.6. The molecule has 8 heteroatoms. The molecule has 0 aliphatic heterocycles. The van der Waals surface area contributed by atoms with Gasteiger partial charge in [0.25, 0.3) is 0 Å². The van der Waals surface area contributed by atoms with Crippen molar-refractivity contribution < 1.29 is 19.1 Å². The van der Waals surface area contributed by atoms with E-state index in [2.05, 4.69) is 91.3 Å². The van der Waals surface area contributed by atoms with E-state index in [9.17, 15) is 10.2 Å². The number of nitrogens with one attached hydrogen (secondary N) is 2. The third kappa shape index (κ3) is 11.7. The minimum Gasteiger partial charge on any atom is -0.508 e. The minimum atomic E-state index is -1.76. The van der Waals surface area contributed by atoms with Crippen LogP contribution in [-0.2, 0) is 34.8 Å². The Morgan fingerprint density at radius 1 is 0.775 bits per heavy atom. The Balaban J connectivity index is 1.78. The number of phenolic OH excluding ortho intramolecular Hbond substituents is 2. The van der Waals surface area contributed by atoms with Crippen LogP contribution in [0.3, 0.4) is 0 Å². The van der Waals surface area contributed by atoms with E-state index >= 15 is 0 Å². The SMILES string of the molecule is CC(NCc1ccc(CCO[SiH2]C(C)(C)C)cc1O)C(C)NCc1ccc(CCO[Si](C)(C)C(C)(C)C)cc1O. The van der Waals surface area contributed by atoms with Gasteiger partial charge in [-0.15, -0.1) is 0 Å². The molecular weight excluding hydrogens is 533 g/mol. The lowest BCUT2D eigenvalue weighted by Crippen LogP contribution is -2.43. The zero-order chi connectivity index (χ0) is 30.1. The highest BCUT2D eigenvalue weighted by atomic mass is 28.4. The molecule has 2 aromatic rings. The summed E-state index contributed by atoms with van der Waals surface area (Å²) >= 11 is 0. The standard InChI is InChI=1S/C32H56N2O4Si2/c1-23(33-21-27-13-11-25(19-29(27)35)15-17-37-39-31(3,4)5)24(2)34-22-28-14-12-26(20-30(28)36)16-18-38-40(9,10)32(6,7)8/h11-14,19-20,23-24,33-36H,15-18,21-22,39H2,1-10H3. The molecule has 0 bridgehead atoms. The maximum Gasteiger partial charge on any atom is 0.191 e. The van der Waals surface area contributed by atoms with Gasteiger partial charge in [-0.05, 0) is 73.1 Å². The fraction of sp³-hybridized carbons (Fsp3) is 0.625. The van der Waals surface area contributed by atoms with Crippen molar-refractivity contribution in [1.29, 1.82) is 0 Å². The molecule has 0 aromatic heterocycles. The highest BCUT2D eigenvalue weighted by Crippen LogP contribution is 2.36. The summed E-state index contributed by atoms with van der Waals surface area (Å²) < 4.78 is 12.2. The summed E-state index contributed by atoms with van der Waals surface area (Å²) in [6, 6.07) is 12.2. The van der Waals surface area contributed by atoms with Gasteiger partial charge in [-0.3, -0.25) is 0 Å². The van der Waals surface area contributed by atoms with E-state index in [-0.39, 0.29) is 17.1 Å². The first kappa shape index (κ1) is 34.5. The van der Waals surface area contributed by atoms with Crippen molar-refractivity contribution in [2.24, 2.45) is 0 Å². The molecule has 226 valence electrons. The van der Waals surface area contributed by atoms with Crippen molar-refractivity contribution in [2.75, 3.05) is 13.2 Å². The maximum atomic E-state index is 10.6. The largest absolute Gasteiger partial charge is 0.508 e. The van der Waals surface area contributed by atoms with Crippen LogP contribution in [-0.4, -0.2) is 53.6 Å². The molecule has 0 spiro atoms. The van der Waals surface area contributed by atoms with E-state index in [0.29, 0.717) is 42.8 Å². The summed E-state index contributed by atoms with van der Waals surface area (Å²) in [6.07, 6.45) is 1.62. The smallest absolute Gasteiger partial charge is 0.191 e. The third-order valence-corrected chi connectivity index (χ3v) is 13.9. The van der Waals surface area contributed by atoms with Crippen LogP contribution in [0, 0.1) is 0 Å². The van der Waals surface area contributed by atoms with E-state index in [1.54, 1.807) is 0 Å². The Bertz CT molecular complexity index is 1060. The fourth-order valence-electron chi connectivity index (χ4n) is 3.93. The predicted octanol–water partition coefficient (Wildman–Crippen LogP) is 6.18. The Morgan fingerprint density at radius 3 is 1.62 bits per heavy atom. The molecule has 0 amide bonds.